The Morgan fingerprint density at radius 1 is 1.38 bits per heavy atom. The van der Waals surface area contributed by atoms with Crippen LogP contribution in [0.4, 0.5) is 0 Å². The van der Waals surface area contributed by atoms with Crippen LogP contribution in [0.1, 0.15) is 51.9 Å². The highest BCUT2D eigenvalue weighted by Gasteiger charge is 2.42. The summed E-state index contributed by atoms with van der Waals surface area (Å²) < 4.78 is 0. The molecule has 0 unspecified atom stereocenters. The van der Waals surface area contributed by atoms with Gasteiger partial charge in [0.15, 0.2) is 0 Å². The topological polar surface area (TPSA) is 40.5 Å². The van der Waals surface area contributed by atoms with E-state index < -0.39 is 5.60 Å². The zero-order valence-electron chi connectivity index (χ0n) is 10.2. The molecule has 0 aromatic heterocycles. The molecule has 0 aromatic carbocycles. The van der Waals surface area contributed by atoms with E-state index in [9.17, 15) is 9.90 Å². The van der Waals surface area contributed by atoms with Crippen molar-refractivity contribution in [1.29, 1.82) is 0 Å². The fourth-order valence-corrected chi connectivity index (χ4v) is 3.05. The number of amides is 1. The summed E-state index contributed by atoms with van der Waals surface area (Å²) in [5, 5.41) is 10.00. The third-order valence-electron chi connectivity index (χ3n) is 3.98. The van der Waals surface area contributed by atoms with Gasteiger partial charge in [0.25, 0.3) is 0 Å². The van der Waals surface area contributed by atoms with Crippen molar-refractivity contribution >= 4 is 5.91 Å². The number of rotatable bonds is 4. The van der Waals surface area contributed by atoms with E-state index in [1.807, 2.05) is 4.90 Å². The van der Waals surface area contributed by atoms with Crippen LogP contribution < -0.4 is 0 Å². The first kappa shape index (κ1) is 11.9. The molecule has 0 radical (unpaired) electrons. The van der Waals surface area contributed by atoms with Crippen LogP contribution in [0, 0.1) is 5.92 Å². The molecule has 1 saturated carbocycles. The van der Waals surface area contributed by atoms with Crippen molar-refractivity contribution in [3.05, 3.63) is 0 Å². The van der Waals surface area contributed by atoms with Gasteiger partial charge in [-0.1, -0.05) is 26.2 Å². The van der Waals surface area contributed by atoms with E-state index in [1.54, 1.807) is 0 Å². The average molecular weight is 225 g/mol. The molecule has 0 spiro atoms. The van der Waals surface area contributed by atoms with Crippen LogP contribution in [0.3, 0.4) is 0 Å². The van der Waals surface area contributed by atoms with Gasteiger partial charge in [0, 0.05) is 6.42 Å². The molecular weight excluding hydrogens is 202 g/mol. The summed E-state index contributed by atoms with van der Waals surface area (Å²) in [5.74, 6) is 0.875. The first-order valence-corrected chi connectivity index (χ1v) is 6.63. The van der Waals surface area contributed by atoms with Crippen molar-refractivity contribution in [2.45, 2.75) is 57.5 Å². The summed E-state index contributed by atoms with van der Waals surface area (Å²) in [6.07, 6.45) is 7.54. The number of likely N-dealkylation sites (tertiary alicyclic amines) is 1. The van der Waals surface area contributed by atoms with Crippen molar-refractivity contribution in [3.8, 4) is 0 Å². The monoisotopic (exact) mass is 225 g/mol. The lowest BCUT2D eigenvalue weighted by Crippen LogP contribution is -2.63. The molecule has 1 N–H and O–H groups in total. The largest absolute Gasteiger partial charge is 0.386 e. The first-order chi connectivity index (χ1) is 7.63. The first-order valence-electron chi connectivity index (χ1n) is 6.63. The molecule has 92 valence electrons. The van der Waals surface area contributed by atoms with E-state index in [0.29, 0.717) is 25.4 Å². The smallest absolute Gasteiger partial charge is 0.223 e. The quantitative estimate of drug-likeness (QED) is 0.794. The molecule has 1 amide bonds. The minimum Gasteiger partial charge on any atom is -0.386 e. The van der Waals surface area contributed by atoms with Crippen LogP contribution in [0.5, 0.6) is 0 Å². The van der Waals surface area contributed by atoms with Crippen LogP contribution in [0.15, 0.2) is 0 Å². The zero-order valence-corrected chi connectivity index (χ0v) is 10.2. The van der Waals surface area contributed by atoms with Gasteiger partial charge in [0.2, 0.25) is 5.91 Å². The fraction of sp³-hybridized carbons (Fsp3) is 0.923. The summed E-state index contributed by atoms with van der Waals surface area (Å²) in [5.41, 5.74) is -0.569. The summed E-state index contributed by atoms with van der Waals surface area (Å²) in [7, 11) is 0. The van der Waals surface area contributed by atoms with Crippen molar-refractivity contribution in [2.75, 3.05) is 13.1 Å². The Hall–Kier alpha value is -0.570. The van der Waals surface area contributed by atoms with Crippen molar-refractivity contribution in [3.63, 3.8) is 0 Å². The summed E-state index contributed by atoms with van der Waals surface area (Å²) >= 11 is 0. The number of carbonyl (C=O) groups is 1. The van der Waals surface area contributed by atoms with Gasteiger partial charge in [-0.25, -0.2) is 0 Å². The Morgan fingerprint density at radius 3 is 2.56 bits per heavy atom. The average Bonchev–Trinajstić information content (AvgIpc) is 2.66. The van der Waals surface area contributed by atoms with E-state index in [-0.39, 0.29) is 5.91 Å². The standard InChI is InChI=1S/C13H23NO2/c1-2-7-13(16)9-14(10-13)12(15)8-11-5-3-4-6-11/h11,16H,2-10H2,1H3. The minimum absolute atomic E-state index is 0.257. The second kappa shape index (κ2) is 4.74. The number of aliphatic hydroxyl groups is 1. The maximum absolute atomic E-state index is 11.9. The minimum atomic E-state index is -0.569. The van der Waals surface area contributed by atoms with Gasteiger partial charge < -0.3 is 10.0 Å². The predicted octanol–water partition coefficient (Wildman–Crippen LogP) is 1.94. The van der Waals surface area contributed by atoms with Crippen LogP contribution in [-0.4, -0.2) is 34.6 Å². The van der Waals surface area contributed by atoms with Gasteiger partial charge in [-0.05, 0) is 25.2 Å². The van der Waals surface area contributed by atoms with Gasteiger partial charge >= 0.3 is 0 Å². The van der Waals surface area contributed by atoms with Gasteiger partial charge in [-0.2, -0.15) is 0 Å². The summed E-state index contributed by atoms with van der Waals surface area (Å²) in [6, 6.07) is 0. The Kier molecular flexibility index (Phi) is 3.53. The summed E-state index contributed by atoms with van der Waals surface area (Å²) in [4.78, 5) is 13.7. The second-order valence-corrected chi connectivity index (χ2v) is 5.58. The highest BCUT2D eigenvalue weighted by atomic mass is 16.3. The van der Waals surface area contributed by atoms with Crippen LogP contribution >= 0.6 is 0 Å². The van der Waals surface area contributed by atoms with Gasteiger partial charge in [-0.3, -0.25) is 4.79 Å². The van der Waals surface area contributed by atoms with Crippen LogP contribution in [0.25, 0.3) is 0 Å². The molecule has 0 bridgehead atoms. The third-order valence-corrected chi connectivity index (χ3v) is 3.98. The second-order valence-electron chi connectivity index (χ2n) is 5.58. The van der Waals surface area contributed by atoms with Crippen molar-refractivity contribution in [1.82, 2.24) is 4.90 Å². The SMILES string of the molecule is CCCC1(O)CN(C(=O)CC2CCCC2)C1. The maximum Gasteiger partial charge on any atom is 0.223 e. The van der Waals surface area contributed by atoms with Crippen molar-refractivity contribution < 1.29 is 9.90 Å². The highest BCUT2D eigenvalue weighted by Crippen LogP contribution is 2.31. The molecule has 2 fully saturated rings. The zero-order chi connectivity index (χ0) is 11.6. The van der Waals surface area contributed by atoms with Gasteiger partial charge in [-0.15, -0.1) is 0 Å². The third kappa shape index (κ3) is 2.57. The Labute approximate surface area is 97.8 Å². The molecule has 2 aliphatic rings. The lowest BCUT2D eigenvalue weighted by Gasteiger charge is -2.46. The lowest BCUT2D eigenvalue weighted by molar-refractivity contribution is -0.157. The normalized spacial score (nSPS) is 24.5. The van der Waals surface area contributed by atoms with Crippen LogP contribution in [-0.2, 0) is 4.79 Å². The Morgan fingerprint density at radius 2 is 2.00 bits per heavy atom. The van der Waals surface area contributed by atoms with E-state index in [1.165, 1.54) is 25.7 Å². The lowest BCUT2D eigenvalue weighted by atomic mass is 9.88. The molecule has 1 aliphatic heterocycles. The van der Waals surface area contributed by atoms with E-state index in [2.05, 4.69) is 6.92 Å². The highest BCUT2D eigenvalue weighted by molar-refractivity contribution is 5.77. The molecule has 1 saturated heterocycles. The summed E-state index contributed by atoms with van der Waals surface area (Å²) in [6.45, 7) is 3.19. The van der Waals surface area contributed by atoms with E-state index >= 15 is 0 Å². The predicted molar refractivity (Wildman–Crippen MR) is 63.0 cm³/mol. The molecule has 16 heavy (non-hydrogen) atoms. The Balaban J connectivity index is 1.72. The number of nitrogens with zero attached hydrogens (tertiary/aromatic N) is 1. The number of hydrogen-bond acceptors (Lipinski definition) is 2. The molecule has 1 aliphatic carbocycles. The molecule has 0 aromatic rings. The molecule has 3 nitrogen and oxygen atoms in total. The molecule has 0 atom stereocenters. The fourth-order valence-electron chi connectivity index (χ4n) is 3.05. The molecule has 2 rings (SSSR count). The molecule has 1 heterocycles. The van der Waals surface area contributed by atoms with Crippen LogP contribution in [0.2, 0.25) is 0 Å². The molecular formula is C13H23NO2. The maximum atomic E-state index is 11.9. The number of β-amino-alcohol motifs (C(OH)–C–C–N with tert-alkyl or cyclic N) is 1. The number of hydrogen-bond donors (Lipinski definition) is 1. The van der Waals surface area contributed by atoms with Crippen molar-refractivity contribution in [2.24, 2.45) is 5.92 Å². The number of carbonyl (C=O) groups excluding carboxylic acids is 1. The Bertz CT molecular complexity index is 253. The molecule has 3 heteroatoms. The van der Waals surface area contributed by atoms with E-state index in [0.717, 1.165) is 12.8 Å². The van der Waals surface area contributed by atoms with Gasteiger partial charge in [0.05, 0.1) is 18.7 Å². The van der Waals surface area contributed by atoms with E-state index in [4.69, 9.17) is 0 Å². The van der Waals surface area contributed by atoms with Gasteiger partial charge in [0.1, 0.15) is 0 Å².